The van der Waals surface area contributed by atoms with Gasteiger partial charge in [0.2, 0.25) is 0 Å². The van der Waals surface area contributed by atoms with E-state index < -0.39 is 0 Å². The molecule has 0 unspecified atom stereocenters. The van der Waals surface area contributed by atoms with Crippen LogP contribution in [-0.4, -0.2) is 4.92 Å². The molecule has 0 aliphatic rings. The molecule has 4 heteroatoms. The van der Waals surface area contributed by atoms with Crippen LogP contribution < -0.4 is 5.32 Å². The van der Waals surface area contributed by atoms with E-state index in [0.717, 1.165) is 28.9 Å². The van der Waals surface area contributed by atoms with Crippen LogP contribution in [-0.2, 0) is 6.54 Å². The second-order valence-corrected chi connectivity index (χ2v) is 5.22. The molecule has 0 bridgehead atoms. The lowest BCUT2D eigenvalue weighted by Gasteiger charge is -2.07. The third-order valence-corrected chi connectivity index (χ3v) is 3.61. The van der Waals surface area contributed by atoms with Gasteiger partial charge in [-0.15, -0.1) is 0 Å². The molecule has 4 nitrogen and oxygen atoms in total. The predicted molar refractivity (Wildman–Crippen MR) is 92.3 cm³/mol. The molecule has 0 saturated heterocycles. The summed E-state index contributed by atoms with van der Waals surface area (Å²) in [4.78, 5) is 10.5. The normalized spacial score (nSPS) is 10.3. The molecule has 0 spiro atoms. The van der Waals surface area contributed by atoms with Gasteiger partial charge in [0.05, 0.1) is 4.92 Å². The first-order chi connectivity index (χ1) is 11.2. The first-order valence-corrected chi connectivity index (χ1v) is 7.35. The summed E-state index contributed by atoms with van der Waals surface area (Å²) < 4.78 is 0. The van der Waals surface area contributed by atoms with E-state index in [4.69, 9.17) is 0 Å². The maximum Gasteiger partial charge on any atom is 0.270 e. The van der Waals surface area contributed by atoms with E-state index in [-0.39, 0.29) is 10.6 Å². The number of nitro groups is 1. The lowest BCUT2D eigenvalue weighted by Crippen LogP contribution is -1.98. The van der Waals surface area contributed by atoms with E-state index in [2.05, 4.69) is 5.32 Å². The van der Waals surface area contributed by atoms with Gasteiger partial charge in [0, 0.05) is 24.4 Å². The van der Waals surface area contributed by atoms with E-state index in [1.807, 2.05) is 60.7 Å². The van der Waals surface area contributed by atoms with Crippen molar-refractivity contribution >= 4 is 11.4 Å². The number of anilines is 1. The number of nitro benzene ring substituents is 1. The fourth-order valence-corrected chi connectivity index (χ4v) is 2.37. The number of rotatable bonds is 5. The minimum absolute atomic E-state index is 0.109. The second kappa shape index (κ2) is 6.75. The topological polar surface area (TPSA) is 55.2 Å². The van der Waals surface area contributed by atoms with Crippen molar-refractivity contribution in [3.05, 3.63) is 94.5 Å². The van der Waals surface area contributed by atoms with Gasteiger partial charge in [-0.2, -0.15) is 0 Å². The van der Waals surface area contributed by atoms with Crippen LogP contribution in [0.1, 0.15) is 5.56 Å². The molecule has 23 heavy (non-hydrogen) atoms. The Labute approximate surface area is 134 Å². The van der Waals surface area contributed by atoms with Crippen LogP contribution in [0, 0.1) is 10.1 Å². The van der Waals surface area contributed by atoms with Crippen LogP contribution in [0.25, 0.3) is 11.1 Å². The van der Waals surface area contributed by atoms with Gasteiger partial charge in [-0.05, 0) is 28.8 Å². The molecule has 0 aliphatic carbocycles. The van der Waals surface area contributed by atoms with E-state index >= 15 is 0 Å². The molecule has 3 rings (SSSR count). The molecular weight excluding hydrogens is 288 g/mol. The summed E-state index contributed by atoms with van der Waals surface area (Å²) in [6.07, 6.45) is 0. The van der Waals surface area contributed by atoms with Crippen molar-refractivity contribution in [3.63, 3.8) is 0 Å². The van der Waals surface area contributed by atoms with Crippen molar-refractivity contribution in [1.29, 1.82) is 0 Å². The van der Waals surface area contributed by atoms with Gasteiger partial charge in [0.25, 0.3) is 5.69 Å². The Balaban J connectivity index is 1.72. The van der Waals surface area contributed by atoms with Gasteiger partial charge in [-0.1, -0.05) is 54.6 Å². The number of non-ortho nitro benzene ring substituents is 1. The molecule has 0 heterocycles. The minimum atomic E-state index is -0.373. The van der Waals surface area contributed by atoms with E-state index in [1.54, 1.807) is 12.1 Å². The zero-order chi connectivity index (χ0) is 16.1. The Hall–Kier alpha value is -3.14. The van der Waals surface area contributed by atoms with Crippen LogP contribution >= 0.6 is 0 Å². The summed E-state index contributed by atoms with van der Waals surface area (Å²) in [5, 5.41) is 14.2. The summed E-state index contributed by atoms with van der Waals surface area (Å²) in [6, 6.07) is 24.7. The molecule has 3 aromatic rings. The van der Waals surface area contributed by atoms with E-state index in [9.17, 15) is 10.1 Å². The molecule has 0 radical (unpaired) electrons. The number of para-hydroxylation sites is 1. The quantitative estimate of drug-likeness (QED) is 0.540. The third-order valence-electron chi connectivity index (χ3n) is 3.61. The van der Waals surface area contributed by atoms with Crippen molar-refractivity contribution in [3.8, 4) is 11.1 Å². The summed E-state index contributed by atoms with van der Waals surface area (Å²) in [7, 11) is 0. The van der Waals surface area contributed by atoms with Crippen LogP contribution in [0.5, 0.6) is 0 Å². The van der Waals surface area contributed by atoms with Gasteiger partial charge >= 0.3 is 0 Å². The van der Waals surface area contributed by atoms with E-state index in [0.29, 0.717) is 0 Å². The van der Waals surface area contributed by atoms with Crippen molar-refractivity contribution in [2.45, 2.75) is 6.54 Å². The first-order valence-electron chi connectivity index (χ1n) is 7.35. The van der Waals surface area contributed by atoms with Crippen molar-refractivity contribution in [2.24, 2.45) is 0 Å². The Kier molecular flexibility index (Phi) is 4.34. The molecular formula is C19H16N2O2. The maximum atomic E-state index is 10.9. The van der Waals surface area contributed by atoms with Gasteiger partial charge in [0.1, 0.15) is 0 Å². The van der Waals surface area contributed by atoms with Gasteiger partial charge in [-0.25, -0.2) is 0 Å². The zero-order valence-electron chi connectivity index (χ0n) is 12.5. The van der Waals surface area contributed by atoms with Crippen LogP contribution in [0.3, 0.4) is 0 Å². The molecule has 0 fully saturated rings. The molecule has 3 aromatic carbocycles. The predicted octanol–water partition coefficient (Wildman–Crippen LogP) is 4.87. The molecule has 0 atom stereocenters. The molecule has 0 aliphatic heterocycles. The Morgan fingerprint density at radius 1 is 0.826 bits per heavy atom. The first kappa shape index (κ1) is 14.8. The smallest absolute Gasteiger partial charge is 0.270 e. The fourth-order valence-electron chi connectivity index (χ4n) is 2.37. The number of hydrogen-bond acceptors (Lipinski definition) is 3. The number of nitrogens with zero attached hydrogens (tertiary/aromatic N) is 1. The summed E-state index contributed by atoms with van der Waals surface area (Å²) in [5.41, 5.74) is 4.16. The lowest BCUT2D eigenvalue weighted by atomic mass is 10.0. The average Bonchev–Trinajstić information content (AvgIpc) is 2.61. The Morgan fingerprint density at radius 3 is 2.26 bits per heavy atom. The molecule has 114 valence electrons. The van der Waals surface area contributed by atoms with Crippen molar-refractivity contribution in [2.75, 3.05) is 5.32 Å². The maximum absolute atomic E-state index is 10.9. The third kappa shape index (κ3) is 3.74. The SMILES string of the molecule is O=[N+]([O-])c1cccc(-c2ccc(CNc3ccccc3)cc2)c1. The highest BCUT2D eigenvalue weighted by Crippen LogP contribution is 2.24. The lowest BCUT2D eigenvalue weighted by molar-refractivity contribution is -0.384. The van der Waals surface area contributed by atoms with E-state index in [1.165, 1.54) is 6.07 Å². The summed E-state index contributed by atoms with van der Waals surface area (Å²) in [5.74, 6) is 0. The Morgan fingerprint density at radius 2 is 1.57 bits per heavy atom. The highest BCUT2D eigenvalue weighted by molar-refractivity contribution is 5.66. The monoisotopic (exact) mass is 304 g/mol. The zero-order valence-corrected chi connectivity index (χ0v) is 12.5. The average molecular weight is 304 g/mol. The summed E-state index contributed by atoms with van der Waals surface area (Å²) >= 11 is 0. The largest absolute Gasteiger partial charge is 0.381 e. The second-order valence-electron chi connectivity index (χ2n) is 5.22. The highest BCUT2D eigenvalue weighted by Gasteiger charge is 2.06. The highest BCUT2D eigenvalue weighted by atomic mass is 16.6. The fraction of sp³-hybridized carbons (Fsp3) is 0.0526. The van der Waals surface area contributed by atoms with Crippen LogP contribution in [0.4, 0.5) is 11.4 Å². The van der Waals surface area contributed by atoms with Crippen molar-refractivity contribution < 1.29 is 4.92 Å². The molecule has 1 N–H and O–H groups in total. The molecule has 0 aromatic heterocycles. The van der Waals surface area contributed by atoms with Crippen molar-refractivity contribution in [1.82, 2.24) is 0 Å². The van der Waals surface area contributed by atoms with Crippen LogP contribution in [0.2, 0.25) is 0 Å². The number of hydrogen-bond donors (Lipinski definition) is 1. The molecule has 0 saturated carbocycles. The van der Waals surface area contributed by atoms with Crippen LogP contribution in [0.15, 0.2) is 78.9 Å². The van der Waals surface area contributed by atoms with Gasteiger partial charge in [-0.3, -0.25) is 10.1 Å². The van der Waals surface area contributed by atoms with Gasteiger partial charge < -0.3 is 5.32 Å². The summed E-state index contributed by atoms with van der Waals surface area (Å²) in [6.45, 7) is 0.735. The standard InChI is InChI=1S/C19H16N2O2/c22-21(23)19-8-4-5-17(13-19)16-11-9-15(10-12-16)14-20-18-6-2-1-3-7-18/h1-13,20H,14H2. The molecule has 0 amide bonds. The number of nitrogens with one attached hydrogen (secondary N) is 1. The number of benzene rings is 3. The Bertz CT molecular complexity index is 799. The minimum Gasteiger partial charge on any atom is -0.381 e. The van der Waals surface area contributed by atoms with Gasteiger partial charge in [0.15, 0.2) is 0 Å².